The summed E-state index contributed by atoms with van der Waals surface area (Å²) in [4.78, 5) is 36.7. The molecule has 1 aliphatic heterocycles. The van der Waals surface area contributed by atoms with Gasteiger partial charge in [-0.3, -0.25) is 9.59 Å². The number of hydrogen-bond donors (Lipinski definition) is 4. The standard InChI is InChI=1S/C19H27N3O4S/c1-27-11-9-15(19(25)26)21-18(24)16(12-13-6-3-2-4-7-13)22-17(23)14-8-5-10-20-14/h2-4,6-7,14-16,20H,5,8-12H2,1H3,(H,21,24)(H,22,23)(H,25,26). The number of carbonyl (C=O) groups excluding carboxylic acids is 2. The van der Waals surface area contributed by atoms with Gasteiger partial charge in [-0.2, -0.15) is 11.8 Å². The molecule has 0 bridgehead atoms. The summed E-state index contributed by atoms with van der Waals surface area (Å²) in [5.41, 5.74) is 0.897. The number of hydrogen-bond acceptors (Lipinski definition) is 5. The largest absolute Gasteiger partial charge is 0.480 e. The first kappa shape index (κ1) is 21.2. The van der Waals surface area contributed by atoms with Crippen molar-refractivity contribution < 1.29 is 19.5 Å². The molecule has 7 nitrogen and oxygen atoms in total. The summed E-state index contributed by atoms with van der Waals surface area (Å²) in [6.07, 6.45) is 4.17. The lowest BCUT2D eigenvalue weighted by Gasteiger charge is -2.23. The minimum absolute atomic E-state index is 0.223. The average molecular weight is 394 g/mol. The third-order valence-electron chi connectivity index (χ3n) is 4.52. The summed E-state index contributed by atoms with van der Waals surface area (Å²) in [6.45, 7) is 0.781. The molecule has 1 fully saturated rings. The van der Waals surface area contributed by atoms with Crippen LogP contribution in [0.1, 0.15) is 24.8 Å². The van der Waals surface area contributed by atoms with Gasteiger partial charge >= 0.3 is 5.97 Å². The predicted octanol–water partition coefficient (Wildman–Crippen LogP) is 0.788. The molecule has 0 aliphatic carbocycles. The summed E-state index contributed by atoms with van der Waals surface area (Å²) in [5, 5.41) is 17.8. The van der Waals surface area contributed by atoms with Crippen molar-refractivity contribution in [2.45, 2.75) is 43.8 Å². The van der Waals surface area contributed by atoms with Crippen LogP contribution in [-0.4, -0.2) is 59.6 Å². The Balaban J connectivity index is 2.07. The van der Waals surface area contributed by atoms with Crippen LogP contribution in [0.25, 0.3) is 0 Å². The van der Waals surface area contributed by atoms with E-state index in [0.29, 0.717) is 18.6 Å². The van der Waals surface area contributed by atoms with Gasteiger partial charge in [0.15, 0.2) is 0 Å². The second-order valence-corrected chi connectivity index (χ2v) is 7.57. The number of carbonyl (C=O) groups is 3. The molecular weight excluding hydrogens is 366 g/mol. The van der Waals surface area contributed by atoms with Crippen LogP contribution in [0, 0.1) is 0 Å². The molecular formula is C19H27N3O4S. The van der Waals surface area contributed by atoms with Gasteiger partial charge in [-0.15, -0.1) is 0 Å². The molecule has 1 aromatic carbocycles. The van der Waals surface area contributed by atoms with Crippen molar-refractivity contribution in [1.29, 1.82) is 0 Å². The topological polar surface area (TPSA) is 108 Å². The number of amides is 2. The lowest BCUT2D eigenvalue weighted by molar-refractivity contribution is -0.142. The Labute approximate surface area is 163 Å². The number of aliphatic carboxylic acids is 1. The fourth-order valence-electron chi connectivity index (χ4n) is 3.01. The molecule has 0 radical (unpaired) electrons. The van der Waals surface area contributed by atoms with Crippen molar-refractivity contribution >= 4 is 29.5 Å². The summed E-state index contributed by atoms with van der Waals surface area (Å²) in [6, 6.07) is 7.27. The van der Waals surface area contributed by atoms with Crippen LogP contribution in [0.4, 0.5) is 0 Å². The van der Waals surface area contributed by atoms with E-state index in [1.54, 1.807) is 0 Å². The fourth-order valence-corrected chi connectivity index (χ4v) is 3.48. The summed E-state index contributed by atoms with van der Waals surface area (Å²) >= 11 is 1.52. The van der Waals surface area contributed by atoms with E-state index in [0.717, 1.165) is 24.9 Å². The molecule has 3 atom stereocenters. The molecule has 1 heterocycles. The Bertz CT molecular complexity index is 635. The summed E-state index contributed by atoms with van der Waals surface area (Å²) < 4.78 is 0. The van der Waals surface area contributed by atoms with Gasteiger partial charge in [-0.1, -0.05) is 30.3 Å². The SMILES string of the molecule is CSCCC(NC(=O)C(Cc1ccccc1)NC(=O)C1CCCN1)C(=O)O. The molecule has 2 amide bonds. The van der Waals surface area contributed by atoms with Crippen LogP contribution in [0.5, 0.6) is 0 Å². The quantitative estimate of drug-likeness (QED) is 0.468. The second kappa shape index (κ2) is 10.9. The first-order valence-corrected chi connectivity index (χ1v) is 10.5. The zero-order valence-electron chi connectivity index (χ0n) is 15.4. The maximum Gasteiger partial charge on any atom is 0.326 e. The average Bonchev–Trinajstić information content (AvgIpc) is 3.20. The van der Waals surface area contributed by atoms with Gasteiger partial charge in [0.1, 0.15) is 12.1 Å². The maximum atomic E-state index is 12.8. The number of rotatable bonds is 10. The van der Waals surface area contributed by atoms with E-state index in [9.17, 15) is 19.5 Å². The van der Waals surface area contributed by atoms with Crippen molar-refractivity contribution in [2.24, 2.45) is 0 Å². The molecule has 8 heteroatoms. The highest BCUT2D eigenvalue weighted by atomic mass is 32.2. The Morgan fingerprint density at radius 1 is 1.22 bits per heavy atom. The molecule has 0 saturated carbocycles. The van der Waals surface area contributed by atoms with E-state index in [1.165, 1.54) is 11.8 Å². The highest BCUT2D eigenvalue weighted by Crippen LogP contribution is 2.09. The van der Waals surface area contributed by atoms with Crippen LogP contribution in [0.3, 0.4) is 0 Å². The van der Waals surface area contributed by atoms with Gasteiger partial charge < -0.3 is 21.1 Å². The Kier molecular flexibility index (Phi) is 8.60. The number of benzene rings is 1. The third-order valence-corrected chi connectivity index (χ3v) is 5.16. The molecule has 1 aliphatic rings. The zero-order valence-corrected chi connectivity index (χ0v) is 16.3. The summed E-state index contributed by atoms with van der Waals surface area (Å²) in [5.74, 6) is -1.14. The maximum absolute atomic E-state index is 12.8. The van der Waals surface area contributed by atoms with Crippen LogP contribution < -0.4 is 16.0 Å². The molecule has 2 rings (SSSR count). The van der Waals surface area contributed by atoms with E-state index in [-0.39, 0.29) is 11.9 Å². The number of thioether (sulfide) groups is 1. The minimum Gasteiger partial charge on any atom is -0.480 e. The number of nitrogens with one attached hydrogen (secondary N) is 3. The molecule has 0 spiro atoms. The second-order valence-electron chi connectivity index (χ2n) is 6.58. The molecule has 27 heavy (non-hydrogen) atoms. The molecule has 1 saturated heterocycles. The fraction of sp³-hybridized carbons (Fsp3) is 0.526. The Hall–Kier alpha value is -2.06. The van der Waals surface area contributed by atoms with Gasteiger partial charge in [0.2, 0.25) is 11.8 Å². The van der Waals surface area contributed by atoms with Crippen LogP contribution in [0.2, 0.25) is 0 Å². The summed E-state index contributed by atoms with van der Waals surface area (Å²) in [7, 11) is 0. The molecule has 148 valence electrons. The lowest BCUT2D eigenvalue weighted by atomic mass is 10.0. The van der Waals surface area contributed by atoms with Crippen molar-refractivity contribution in [1.82, 2.24) is 16.0 Å². The molecule has 4 N–H and O–H groups in total. The number of carboxylic acid groups (broad SMARTS) is 1. The third kappa shape index (κ3) is 6.88. The minimum atomic E-state index is -1.07. The Morgan fingerprint density at radius 3 is 2.56 bits per heavy atom. The highest BCUT2D eigenvalue weighted by molar-refractivity contribution is 7.98. The van der Waals surface area contributed by atoms with Gasteiger partial charge in [-0.25, -0.2) is 4.79 Å². The van der Waals surface area contributed by atoms with Crippen LogP contribution >= 0.6 is 11.8 Å². The normalized spacial score (nSPS) is 18.5. The van der Waals surface area contributed by atoms with Gasteiger partial charge in [-0.05, 0) is 43.4 Å². The predicted molar refractivity (Wildman–Crippen MR) is 106 cm³/mol. The van der Waals surface area contributed by atoms with E-state index in [1.807, 2.05) is 36.6 Å². The van der Waals surface area contributed by atoms with Crippen molar-refractivity contribution in [3.8, 4) is 0 Å². The molecule has 1 aromatic rings. The zero-order chi connectivity index (χ0) is 19.6. The first-order valence-electron chi connectivity index (χ1n) is 9.11. The number of carboxylic acids is 1. The van der Waals surface area contributed by atoms with Crippen molar-refractivity contribution in [2.75, 3.05) is 18.6 Å². The lowest BCUT2D eigenvalue weighted by Crippen LogP contribution is -2.55. The van der Waals surface area contributed by atoms with Crippen molar-refractivity contribution in [3.63, 3.8) is 0 Å². The van der Waals surface area contributed by atoms with Gasteiger partial charge in [0.25, 0.3) is 0 Å². The van der Waals surface area contributed by atoms with Crippen LogP contribution in [-0.2, 0) is 20.8 Å². The van der Waals surface area contributed by atoms with Gasteiger partial charge in [0.05, 0.1) is 6.04 Å². The molecule has 0 aromatic heterocycles. The molecule has 3 unspecified atom stereocenters. The van der Waals surface area contributed by atoms with Crippen LogP contribution in [0.15, 0.2) is 30.3 Å². The van der Waals surface area contributed by atoms with E-state index < -0.39 is 24.0 Å². The Morgan fingerprint density at radius 2 is 1.96 bits per heavy atom. The van der Waals surface area contributed by atoms with E-state index in [2.05, 4.69) is 16.0 Å². The van der Waals surface area contributed by atoms with Gasteiger partial charge in [0, 0.05) is 6.42 Å². The first-order chi connectivity index (χ1) is 13.0. The van der Waals surface area contributed by atoms with E-state index in [4.69, 9.17) is 0 Å². The van der Waals surface area contributed by atoms with E-state index >= 15 is 0 Å². The van der Waals surface area contributed by atoms with Crippen molar-refractivity contribution in [3.05, 3.63) is 35.9 Å². The monoisotopic (exact) mass is 393 g/mol. The smallest absolute Gasteiger partial charge is 0.326 e. The highest BCUT2D eigenvalue weighted by Gasteiger charge is 2.29.